The van der Waals surface area contributed by atoms with Crippen LogP contribution < -0.4 is 5.73 Å². The van der Waals surface area contributed by atoms with Crippen molar-refractivity contribution in [1.82, 2.24) is 4.90 Å². The van der Waals surface area contributed by atoms with Crippen LogP contribution in [-0.2, 0) is 0 Å². The van der Waals surface area contributed by atoms with Crippen LogP contribution in [0.15, 0.2) is 0 Å². The Morgan fingerprint density at radius 1 is 1.67 bits per heavy atom. The summed E-state index contributed by atoms with van der Waals surface area (Å²) in [6.45, 7) is 7.70. The van der Waals surface area contributed by atoms with Crippen molar-refractivity contribution < 1.29 is 5.11 Å². The van der Waals surface area contributed by atoms with E-state index in [4.69, 9.17) is 5.73 Å². The molecule has 1 aliphatic rings. The zero-order chi connectivity index (χ0) is 9.35. The minimum Gasteiger partial charge on any atom is -0.387 e. The van der Waals surface area contributed by atoms with E-state index in [0.717, 1.165) is 13.0 Å². The van der Waals surface area contributed by atoms with Gasteiger partial charge in [0, 0.05) is 25.2 Å². The van der Waals surface area contributed by atoms with Crippen LogP contribution in [0.5, 0.6) is 0 Å². The minimum absolute atomic E-state index is 0.197. The molecule has 3 heteroatoms. The fourth-order valence-corrected chi connectivity index (χ4v) is 2.01. The van der Waals surface area contributed by atoms with E-state index in [1.54, 1.807) is 0 Å². The summed E-state index contributed by atoms with van der Waals surface area (Å²) in [6.07, 6.45) is 0.808. The molecule has 0 radical (unpaired) electrons. The highest BCUT2D eigenvalue weighted by Gasteiger charge is 2.42. The molecule has 0 spiro atoms. The first kappa shape index (κ1) is 9.96. The predicted molar refractivity (Wildman–Crippen MR) is 49.9 cm³/mol. The maximum absolute atomic E-state index is 10.0. The molecule has 72 valence electrons. The number of rotatable bonds is 2. The molecule has 0 amide bonds. The van der Waals surface area contributed by atoms with Crippen molar-refractivity contribution in [1.29, 1.82) is 0 Å². The third kappa shape index (κ3) is 1.49. The molecule has 0 aromatic heterocycles. The molecule has 3 N–H and O–H groups in total. The molecule has 0 aromatic carbocycles. The quantitative estimate of drug-likeness (QED) is 0.624. The summed E-state index contributed by atoms with van der Waals surface area (Å²) in [7, 11) is 0. The molecular weight excluding hydrogens is 152 g/mol. The Hall–Kier alpha value is -0.120. The Bertz CT molecular complexity index is 161. The minimum atomic E-state index is -0.649. The summed E-state index contributed by atoms with van der Waals surface area (Å²) in [6, 6.07) is 0.697. The van der Waals surface area contributed by atoms with E-state index in [9.17, 15) is 5.11 Å². The maximum atomic E-state index is 10.0. The zero-order valence-electron chi connectivity index (χ0n) is 8.25. The number of nitrogens with two attached hydrogens (primary N) is 1. The van der Waals surface area contributed by atoms with E-state index >= 15 is 0 Å². The highest BCUT2D eigenvalue weighted by molar-refractivity contribution is 4.98. The molecule has 1 aliphatic heterocycles. The standard InChI is InChI=1S/C9H20N2O/c1-7(2)11-5-4-9(12,6-10)8(11)3/h7-8,12H,4-6,10H2,1-3H3. The van der Waals surface area contributed by atoms with Gasteiger partial charge in [-0.1, -0.05) is 0 Å². The molecular formula is C9H20N2O. The van der Waals surface area contributed by atoms with Crippen LogP contribution in [-0.4, -0.2) is 40.8 Å². The Kier molecular flexibility index (Phi) is 2.76. The summed E-state index contributed by atoms with van der Waals surface area (Å²) in [4.78, 5) is 2.30. The molecule has 1 saturated heterocycles. The molecule has 0 aliphatic carbocycles. The van der Waals surface area contributed by atoms with Gasteiger partial charge in [-0.3, -0.25) is 4.90 Å². The Balaban J connectivity index is 2.66. The molecule has 1 fully saturated rings. The van der Waals surface area contributed by atoms with Gasteiger partial charge < -0.3 is 10.8 Å². The Morgan fingerprint density at radius 3 is 2.50 bits per heavy atom. The van der Waals surface area contributed by atoms with Gasteiger partial charge in [-0.2, -0.15) is 0 Å². The normalized spacial score (nSPS) is 38.0. The van der Waals surface area contributed by atoms with Crippen LogP contribution >= 0.6 is 0 Å². The van der Waals surface area contributed by atoms with Crippen molar-refractivity contribution in [2.75, 3.05) is 13.1 Å². The molecule has 0 aromatic rings. The summed E-state index contributed by atoms with van der Waals surface area (Å²) in [5.41, 5.74) is 4.90. The van der Waals surface area contributed by atoms with E-state index in [1.807, 2.05) is 0 Å². The van der Waals surface area contributed by atoms with E-state index in [2.05, 4.69) is 25.7 Å². The van der Waals surface area contributed by atoms with Crippen LogP contribution in [0.3, 0.4) is 0 Å². The number of aliphatic hydroxyl groups is 1. The number of hydrogen-bond acceptors (Lipinski definition) is 3. The largest absolute Gasteiger partial charge is 0.387 e. The Labute approximate surface area is 74.5 Å². The summed E-state index contributed by atoms with van der Waals surface area (Å²) >= 11 is 0. The van der Waals surface area contributed by atoms with Gasteiger partial charge in [-0.05, 0) is 27.2 Å². The first-order valence-electron chi connectivity index (χ1n) is 4.69. The lowest BCUT2D eigenvalue weighted by atomic mass is 9.96. The average molecular weight is 172 g/mol. The topological polar surface area (TPSA) is 49.5 Å². The van der Waals surface area contributed by atoms with Gasteiger partial charge in [0.15, 0.2) is 0 Å². The summed E-state index contributed by atoms with van der Waals surface area (Å²) in [5.74, 6) is 0. The maximum Gasteiger partial charge on any atom is 0.0933 e. The second-order valence-electron chi connectivity index (χ2n) is 4.07. The van der Waals surface area contributed by atoms with Crippen LogP contribution in [0, 0.1) is 0 Å². The third-order valence-electron chi connectivity index (χ3n) is 3.09. The van der Waals surface area contributed by atoms with E-state index in [1.165, 1.54) is 0 Å². The summed E-state index contributed by atoms with van der Waals surface area (Å²) < 4.78 is 0. The van der Waals surface area contributed by atoms with E-state index in [0.29, 0.717) is 12.6 Å². The van der Waals surface area contributed by atoms with Gasteiger partial charge in [0.2, 0.25) is 0 Å². The van der Waals surface area contributed by atoms with Crippen molar-refractivity contribution in [2.45, 2.75) is 44.9 Å². The van der Waals surface area contributed by atoms with Crippen molar-refractivity contribution in [3.8, 4) is 0 Å². The lowest BCUT2D eigenvalue weighted by molar-refractivity contribution is 0.0127. The number of nitrogens with zero attached hydrogens (tertiary/aromatic N) is 1. The van der Waals surface area contributed by atoms with Crippen molar-refractivity contribution in [3.63, 3.8) is 0 Å². The highest BCUT2D eigenvalue weighted by Crippen LogP contribution is 2.28. The molecule has 1 rings (SSSR count). The Morgan fingerprint density at radius 2 is 2.25 bits per heavy atom. The average Bonchev–Trinajstić information content (AvgIpc) is 2.30. The summed E-state index contributed by atoms with van der Waals surface area (Å²) in [5, 5.41) is 10.0. The molecule has 0 saturated carbocycles. The van der Waals surface area contributed by atoms with Crippen LogP contribution in [0.1, 0.15) is 27.2 Å². The number of hydrogen-bond donors (Lipinski definition) is 2. The second kappa shape index (κ2) is 3.32. The van der Waals surface area contributed by atoms with E-state index in [-0.39, 0.29) is 6.04 Å². The second-order valence-corrected chi connectivity index (χ2v) is 4.07. The molecule has 1 heterocycles. The third-order valence-corrected chi connectivity index (χ3v) is 3.09. The van der Waals surface area contributed by atoms with Crippen LogP contribution in [0.2, 0.25) is 0 Å². The molecule has 3 nitrogen and oxygen atoms in total. The van der Waals surface area contributed by atoms with Gasteiger partial charge in [-0.25, -0.2) is 0 Å². The molecule has 12 heavy (non-hydrogen) atoms. The first-order chi connectivity index (χ1) is 5.51. The van der Waals surface area contributed by atoms with Gasteiger partial charge in [0.1, 0.15) is 0 Å². The van der Waals surface area contributed by atoms with Crippen LogP contribution in [0.4, 0.5) is 0 Å². The van der Waals surface area contributed by atoms with Crippen molar-refractivity contribution in [2.24, 2.45) is 5.73 Å². The van der Waals surface area contributed by atoms with Crippen LogP contribution in [0.25, 0.3) is 0 Å². The lowest BCUT2D eigenvalue weighted by Crippen LogP contribution is -2.49. The van der Waals surface area contributed by atoms with Gasteiger partial charge in [-0.15, -0.1) is 0 Å². The van der Waals surface area contributed by atoms with Gasteiger partial charge in [0.25, 0.3) is 0 Å². The van der Waals surface area contributed by atoms with Gasteiger partial charge >= 0.3 is 0 Å². The van der Waals surface area contributed by atoms with Crippen molar-refractivity contribution >= 4 is 0 Å². The number of likely N-dealkylation sites (tertiary alicyclic amines) is 1. The molecule has 0 bridgehead atoms. The van der Waals surface area contributed by atoms with E-state index < -0.39 is 5.60 Å². The first-order valence-corrected chi connectivity index (χ1v) is 4.69. The fraction of sp³-hybridized carbons (Fsp3) is 1.00. The lowest BCUT2D eigenvalue weighted by Gasteiger charge is -2.32. The fourth-order valence-electron chi connectivity index (χ4n) is 2.01. The van der Waals surface area contributed by atoms with Crippen molar-refractivity contribution in [3.05, 3.63) is 0 Å². The van der Waals surface area contributed by atoms with Gasteiger partial charge in [0.05, 0.1) is 5.60 Å². The molecule has 2 unspecified atom stereocenters. The SMILES string of the molecule is CC(C)N1CCC(O)(CN)C1C. The predicted octanol–water partition coefficient (Wildman–Crippen LogP) is 0.179. The smallest absolute Gasteiger partial charge is 0.0933 e. The molecule has 2 atom stereocenters. The highest BCUT2D eigenvalue weighted by atomic mass is 16.3. The monoisotopic (exact) mass is 172 g/mol. The zero-order valence-corrected chi connectivity index (χ0v) is 8.25.